The van der Waals surface area contributed by atoms with Crippen LogP contribution in [0.25, 0.3) is 0 Å². The van der Waals surface area contributed by atoms with Crippen molar-refractivity contribution in [3.63, 3.8) is 0 Å². The fourth-order valence-electron chi connectivity index (χ4n) is 1.46. The fraction of sp³-hybridized carbons (Fsp3) is 0.750. The lowest BCUT2D eigenvalue weighted by Crippen LogP contribution is -2.14. The minimum absolute atomic E-state index is 0.0386. The molecule has 12 heavy (non-hydrogen) atoms. The molecule has 0 atom stereocenters. The van der Waals surface area contributed by atoms with Gasteiger partial charge >= 0.3 is 6.08 Å². The molecule has 0 radical (unpaired) electrons. The maximum Gasteiger partial charge on any atom is 0.301 e. The van der Waals surface area contributed by atoms with Gasteiger partial charge in [0.1, 0.15) is 0 Å². The van der Waals surface area contributed by atoms with Crippen LogP contribution in [0.3, 0.4) is 0 Å². The van der Waals surface area contributed by atoms with Crippen LogP contribution in [0.2, 0.25) is 0 Å². The lowest BCUT2D eigenvalue weighted by atomic mass is 9.88. The average Bonchev–Trinajstić information content (AvgIpc) is 2.04. The number of halogens is 4. The first kappa shape index (κ1) is 9.90. The average molecular weight is 199 g/mol. The fourth-order valence-corrected chi connectivity index (χ4v) is 1.71. The SMILES string of the molecule is FC(F)=C(F)C1CCC(Cl)CC1. The van der Waals surface area contributed by atoms with Crippen molar-refractivity contribution in [1.29, 1.82) is 0 Å². The van der Waals surface area contributed by atoms with Crippen LogP contribution in [0.5, 0.6) is 0 Å². The van der Waals surface area contributed by atoms with E-state index in [2.05, 4.69) is 0 Å². The van der Waals surface area contributed by atoms with Crippen LogP contribution in [-0.4, -0.2) is 5.38 Å². The smallest absolute Gasteiger partial charge is 0.206 e. The Hall–Kier alpha value is -0.180. The largest absolute Gasteiger partial charge is 0.301 e. The first-order valence-electron chi connectivity index (χ1n) is 3.96. The van der Waals surface area contributed by atoms with Crippen molar-refractivity contribution in [1.82, 2.24) is 0 Å². The van der Waals surface area contributed by atoms with Crippen molar-refractivity contribution >= 4 is 11.6 Å². The topological polar surface area (TPSA) is 0 Å². The highest BCUT2D eigenvalue weighted by atomic mass is 35.5. The van der Waals surface area contributed by atoms with Crippen LogP contribution in [0.4, 0.5) is 13.2 Å². The molecule has 70 valence electrons. The van der Waals surface area contributed by atoms with Crippen molar-refractivity contribution < 1.29 is 13.2 Å². The van der Waals surface area contributed by atoms with E-state index in [4.69, 9.17) is 11.6 Å². The van der Waals surface area contributed by atoms with Crippen LogP contribution in [0.1, 0.15) is 25.7 Å². The summed E-state index contributed by atoms with van der Waals surface area (Å²) in [4.78, 5) is 0. The van der Waals surface area contributed by atoms with E-state index in [9.17, 15) is 13.2 Å². The van der Waals surface area contributed by atoms with Gasteiger partial charge in [0.2, 0.25) is 0 Å². The third-order valence-corrected chi connectivity index (χ3v) is 2.63. The molecule has 4 heteroatoms. The van der Waals surface area contributed by atoms with Gasteiger partial charge in [0.25, 0.3) is 0 Å². The molecule has 0 aromatic carbocycles. The molecule has 1 rings (SSSR count). The van der Waals surface area contributed by atoms with Crippen LogP contribution in [0, 0.1) is 5.92 Å². The van der Waals surface area contributed by atoms with E-state index in [0.29, 0.717) is 25.7 Å². The Kier molecular flexibility index (Phi) is 3.44. The molecule has 1 aliphatic rings. The van der Waals surface area contributed by atoms with E-state index in [1.165, 1.54) is 0 Å². The van der Waals surface area contributed by atoms with Crippen molar-refractivity contribution in [2.45, 2.75) is 31.1 Å². The maximum atomic E-state index is 12.6. The predicted molar refractivity (Wildman–Crippen MR) is 41.9 cm³/mol. The zero-order valence-corrected chi connectivity index (χ0v) is 7.25. The van der Waals surface area contributed by atoms with Gasteiger partial charge in [-0.3, -0.25) is 0 Å². The molecule has 0 N–H and O–H groups in total. The Morgan fingerprint density at radius 3 is 1.92 bits per heavy atom. The van der Waals surface area contributed by atoms with Crippen LogP contribution >= 0.6 is 11.6 Å². The quantitative estimate of drug-likeness (QED) is 0.562. The number of hydrogen-bond donors (Lipinski definition) is 0. The number of hydrogen-bond acceptors (Lipinski definition) is 0. The molecule has 0 spiro atoms. The summed E-state index contributed by atoms with van der Waals surface area (Å²) in [5.41, 5.74) is 0. The van der Waals surface area contributed by atoms with E-state index in [0.717, 1.165) is 0 Å². The molecular formula is C8H10ClF3. The summed E-state index contributed by atoms with van der Waals surface area (Å²) >= 11 is 5.74. The summed E-state index contributed by atoms with van der Waals surface area (Å²) in [6.07, 6.45) is -0.0258. The van der Waals surface area contributed by atoms with Gasteiger partial charge in [-0.2, -0.15) is 8.78 Å². The summed E-state index contributed by atoms with van der Waals surface area (Å²) in [6, 6.07) is 0. The second-order valence-corrected chi connectivity index (χ2v) is 3.67. The first-order valence-corrected chi connectivity index (χ1v) is 4.39. The molecular weight excluding hydrogens is 189 g/mol. The lowest BCUT2D eigenvalue weighted by molar-refractivity contribution is 0.297. The van der Waals surface area contributed by atoms with E-state index in [1.807, 2.05) is 0 Å². The molecule has 0 saturated heterocycles. The van der Waals surface area contributed by atoms with Gasteiger partial charge < -0.3 is 0 Å². The minimum atomic E-state index is -2.17. The molecule has 0 amide bonds. The van der Waals surface area contributed by atoms with Crippen LogP contribution in [0.15, 0.2) is 11.9 Å². The standard InChI is InChI=1S/C8H10ClF3/c9-6-3-1-5(2-4-6)7(10)8(11)12/h5-6H,1-4H2. The lowest BCUT2D eigenvalue weighted by Gasteiger charge is -2.22. The van der Waals surface area contributed by atoms with E-state index in [-0.39, 0.29) is 5.38 Å². The van der Waals surface area contributed by atoms with Gasteiger partial charge in [-0.25, -0.2) is 4.39 Å². The van der Waals surface area contributed by atoms with Crippen LogP contribution < -0.4 is 0 Å². The number of allylic oxidation sites excluding steroid dienone is 1. The second-order valence-electron chi connectivity index (χ2n) is 3.06. The Balaban J connectivity index is 2.50. The maximum absolute atomic E-state index is 12.6. The Morgan fingerprint density at radius 1 is 1.00 bits per heavy atom. The van der Waals surface area contributed by atoms with Gasteiger partial charge in [0, 0.05) is 11.3 Å². The van der Waals surface area contributed by atoms with Crippen molar-refractivity contribution in [3.05, 3.63) is 11.9 Å². The summed E-state index contributed by atoms with van der Waals surface area (Å²) in [5.74, 6) is -1.83. The molecule has 1 aliphatic carbocycles. The Morgan fingerprint density at radius 2 is 1.50 bits per heavy atom. The molecule has 0 unspecified atom stereocenters. The Labute approximate surface area is 74.4 Å². The molecule has 1 saturated carbocycles. The van der Waals surface area contributed by atoms with Gasteiger partial charge in [-0.15, -0.1) is 11.6 Å². The molecule has 1 fully saturated rings. The zero-order chi connectivity index (χ0) is 9.14. The number of rotatable bonds is 1. The van der Waals surface area contributed by atoms with Gasteiger partial charge in [-0.1, -0.05) is 0 Å². The third-order valence-electron chi connectivity index (χ3n) is 2.20. The van der Waals surface area contributed by atoms with E-state index >= 15 is 0 Å². The van der Waals surface area contributed by atoms with Gasteiger partial charge in [0.05, 0.1) is 0 Å². The molecule has 0 aromatic heterocycles. The molecule has 0 aliphatic heterocycles. The van der Waals surface area contributed by atoms with Crippen molar-refractivity contribution in [3.8, 4) is 0 Å². The minimum Gasteiger partial charge on any atom is -0.206 e. The predicted octanol–water partition coefficient (Wildman–Crippen LogP) is 3.86. The van der Waals surface area contributed by atoms with Crippen molar-refractivity contribution in [2.75, 3.05) is 0 Å². The summed E-state index contributed by atoms with van der Waals surface area (Å²) in [7, 11) is 0. The molecule has 0 heterocycles. The number of alkyl halides is 1. The molecule has 0 aromatic rings. The van der Waals surface area contributed by atoms with Gasteiger partial charge in [-0.05, 0) is 25.7 Å². The van der Waals surface area contributed by atoms with Crippen molar-refractivity contribution in [2.24, 2.45) is 5.92 Å². The molecule has 0 nitrogen and oxygen atoms in total. The monoisotopic (exact) mass is 198 g/mol. The zero-order valence-electron chi connectivity index (χ0n) is 6.49. The highest BCUT2D eigenvalue weighted by Gasteiger charge is 2.25. The summed E-state index contributed by atoms with van der Waals surface area (Å²) in [6.45, 7) is 0. The van der Waals surface area contributed by atoms with E-state index in [1.54, 1.807) is 0 Å². The highest BCUT2D eigenvalue weighted by molar-refractivity contribution is 6.20. The second kappa shape index (κ2) is 4.17. The summed E-state index contributed by atoms with van der Waals surface area (Å²) < 4.78 is 36.2. The highest BCUT2D eigenvalue weighted by Crippen LogP contribution is 2.34. The normalized spacial score (nSPS) is 30.0. The van der Waals surface area contributed by atoms with Crippen LogP contribution in [-0.2, 0) is 0 Å². The third kappa shape index (κ3) is 2.41. The Bertz CT molecular complexity index is 179. The van der Waals surface area contributed by atoms with E-state index < -0.39 is 17.8 Å². The van der Waals surface area contributed by atoms with Gasteiger partial charge in [0.15, 0.2) is 5.83 Å². The summed E-state index contributed by atoms with van der Waals surface area (Å²) in [5, 5.41) is 0.0386. The first-order chi connectivity index (χ1) is 5.61. The molecule has 0 bridgehead atoms.